The van der Waals surface area contributed by atoms with Crippen LogP contribution in [0, 0.1) is 5.41 Å². The third-order valence-electron chi connectivity index (χ3n) is 3.18. The summed E-state index contributed by atoms with van der Waals surface area (Å²) < 4.78 is 4.70. The van der Waals surface area contributed by atoms with Crippen LogP contribution < -0.4 is 34.7 Å². The molecule has 0 spiro atoms. The predicted molar refractivity (Wildman–Crippen MR) is 68.3 cm³/mol. The van der Waals surface area contributed by atoms with Crippen LogP contribution in [0.15, 0.2) is 17.6 Å². The Balaban J connectivity index is 0.00000400. The minimum atomic E-state index is -1.44. The quantitative estimate of drug-likeness (QED) is 0.220. The van der Waals surface area contributed by atoms with Crippen molar-refractivity contribution < 1.29 is 53.8 Å². The molecule has 1 atom stereocenters. The third-order valence-corrected chi connectivity index (χ3v) is 3.18. The SMILES string of the molecule is C=CCC1(CC)C(=O)N=C([O-])N(CC(=O)OCC)C1=O.[Na+]. The van der Waals surface area contributed by atoms with E-state index < -0.39 is 35.8 Å². The van der Waals surface area contributed by atoms with Gasteiger partial charge in [-0.2, -0.15) is 0 Å². The summed E-state index contributed by atoms with van der Waals surface area (Å²) in [6.07, 6.45) is 1.66. The molecule has 0 aromatic heterocycles. The third kappa shape index (κ3) is 3.93. The van der Waals surface area contributed by atoms with Gasteiger partial charge in [-0.25, -0.2) is 4.99 Å². The van der Waals surface area contributed by atoms with Crippen LogP contribution in [0.25, 0.3) is 0 Å². The first-order chi connectivity index (χ1) is 9.42. The Morgan fingerprint density at radius 2 is 2.10 bits per heavy atom. The van der Waals surface area contributed by atoms with Gasteiger partial charge >= 0.3 is 35.5 Å². The molecule has 110 valence electrons. The van der Waals surface area contributed by atoms with Crippen molar-refractivity contribution in [2.45, 2.75) is 26.7 Å². The van der Waals surface area contributed by atoms with Crippen LogP contribution >= 0.6 is 0 Å². The summed E-state index contributed by atoms with van der Waals surface area (Å²) in [5.74, 6) is -2.23. The van der Waals surface area contributed by atoms with Crippen molar-refractivity contribution in [1.29, 1.82) is 0 Å². The van der Waals surface area contributed by atoms with Gasteiger partial charge in [-0.15, -0.1) is 6.58 Å². The molecule has 1 rings (SSSR count). The zero-order valence-electron chi connectivity index (χ0n) is 12.5. The van der Waals surface area contributed by atoms with Gasteiger partial charge in [0.1, 0.15) is 12.0 Å². The van der Waals surface area contributed by atoms with E-state index in [0.717, 1.165) is 0 Å². The maximum Gasteiger partial charge on any atom is 1.00 e. The van der Waals surface area contributed by atoms with Gasteiger partial charge in [-0.05, 0) is 19.8 Å². The molecule has 7 nitrogen and oxygen atoms in total. The topological polar surface area (TPSA) is 99.1 Å². The number of carbonyl (C=O) groups excluding carboxylic acids is 3. The van der Waals surface area contributed by atoms with E-state index in [1.165, 1.54) is 6.08 Å². The van der Waals surface area contributed by atoms with Crippen molar-refractivity contribution in [3.8, 4) is 0 Å². The van der Waals surface area contributed by atoms with Gasteiger partial charge in [0, 0.05) is 0 Å². The van der Waals surface area contributed by atoms with Crippen LogP contribution in [-0.2, 0) is 19.1 Å². The standard InChI is InChI=1S/C13H18N2O5.Na/c1-4-7-13(5-2)10(17)14-12(19)15(11(13)18)8-9(16)20-6-3;/h4H,1,5-8H2,2-3H3,(H,14,17,19);/q;+1/p-1. The summed E-state index contributed by atoms with van der Waals surface area (Å²) in [5.41, 5.74) is -1.44. The van der Waals surface area contributed by atoms with Crippen LogP contribution in [0.1, 0.15) is 26.7 Å². The Bertz CT molecular complexity index is 477. The molecule has 0 saturated heterocycles. The van der Waals surface area contributed by atoms with E-state index in [9.17, 15) is 19.5 Å². The number of nitrogens with zero attached hydrogens (tertiary/aromatic N) is 2. The number of hydrogen-bond donors (Lipinski definition) is 0. The van der Waals surface area contributed by atoms with E-state index in [1.807, 2.05) is 0 Å². The van der Waals surface area contributed by atoms with E-state index in [4.69, 9.17) is 4.74 Å². The fourth-order valence-electron chi connectivity index (χ4n) is 2.03. The summed E-state index contributed by atoms with van der Waals surface area (Å²) in [6, 6.07) is -1.03. The van der Waals surface area contributed by atoms with E-state index >= 15 is 0 Å². The Labute approximate surface area is 145 Å². The second kappa shape index (κ2) is 8.31. The molecular formula is C13H17N2NaO5. The van der Waals surface area contributed by atoms with Gasteiger partial charge in [-0.3, -0.25) is 19.3 Å². The maximum absolute atomic E-state index is 12.4. The maximum atomic E-state index is 12.4. The van der Waals surface area contributed by atoms with Crippen molar-refractivity contribution >= 4 is 23.8 Å². The van der Waals surface area contributed by atoms with Gasteiger partial charge in [0.2, 0.25) is 5.91 Å². The number of ether oxygens (including phenoxy) is 1. The molecule has 0 fully saturated rings. The van der Waals surface area contributed by atoms with Gasteiger partial charge in [-0.1, -0.05) is 13.0 Å². The number of esters is 1. The summed E-state index contributed by atoms with van der Waals surface area (Å²) in [4.78, 5) is 39.7. The molecule has 1 unspecified atom stereocenters. The summed E-state index contributed by atoms with van der Waals surface area (Å²) in [7, 11) is 0. The fourth-order valence-corrected chi connectivity index (χ4v) is 2.03. The molecule has 1 aliphatic heterocycles. The second-order valence-electron chi connectivity index (χ2n) is 4.32. The molecule has 0 aromatic rings. The molecule has 0 bridgehead atoms. The zero-order valence-corrected chi connectivity index (χ0v) is 14.5. The molecule has 8 heteroatoms. The van der Waals surface area contributed by atoms with Crippen molar-refractivity contribution in [2.75, 3.05) is 13.2 Å². The molecule has 0 saturated carbocycles. The molecule has 0 N–H and O–H groups in total. The van der Waals surface area contributed by atoms with Gasteiger partial charge in [0.25, 0.3) is 5.91 Å². The number of carbonyl (C=O) groups is 3. The van der Waals surface area contributed by atoms with Gasteiger partial charge in [0.05, 0.1) is 12.6 Å². The first kappa shape index (κ1) is 19.8. The Morgan fingerprint density at radius 1 is 1.48 bits per heavy atom. The van der Waals surface area contributed by atoms with Crippen molar-refractivity contribution in [3.63, 3.8) is 0 Å². The summed E-state index contributed by atoms with van der Waals surface area (Å²) >= 11 is 0. The number of hydrogen-bond acceptors (Lipinski definition) is 5. The fraction of sp³-hybridized carbons (Fsp3) is 0.538. The van der Waals surface area contributed by atoms with Crippen LogP contribution in [-0.4, -0.2) is 41.9 Å². The van der Waals surface area contributed by atoms with Crippen LogP contribution in [0.2, 0.25) is 0 Å². The molecule has 2 amide bonds. The molecule has 0 aliphatic carbocycles. The average Bonchev–Trinajstić information content (AvgIpc) is 2.40. The van der Waals surface area contributed by atoms with Crippen LogP contribution in [0.3, 0.4) is 0 Å². The number of amides is 2. The van der Waals surface area contributed by atoms with Crippen LogP contribution in [0.5, 0.6) is 0 Å². The normalized spacial score (nSPS) is 21.4. The second-order valence-corrected chi connectivity index (χ2v) is 4.32. The predicted octanol–water partition coefficient (Wildman–Crippen LogP) is -3.39. The van der Waals surface area contributed by atoms with Crippen molar-refractivity contribution in [2.24, 2.45) is 10.4 Å². The van der Waals surface area contributed by atoms with E-state index in [2.05, 4.69) is 11.6 Å². The number of rotatable bonds is 6. The first-order valence-electron chi connectivity index (χ1n) is 6.31. The molecule has 0 radical (unpaired) electrons. The first-order valence-corrected chi connectivity index (χ1v) is 6.31. The average molecular weight is 304 g/mol. The zero-order chi connectivity index (χ0) is 15.3. The Hall–Kier alpha value is -1.18. The number of aliphatic imine (C=N–C) groups is 1. The van der Waals surface area contributed by atoms with Crippen molar-refractivity contribution in [1.82, 2.24) is 4.90 Å². The monoisotopic (exact) mass is 304 g/mol. The molecule has 0 aromatic carbocycles. The van der Waals surface area contributed by atoms with Gasteiger partial charge < -0.3 is 9.84 Å². The molecule has 21 heavy (non-hydrogen) atoms. The number of amidine groups is 1. The summed E-state index contributed by atoms with van der Waals surface area (Å²) in [6.45, 7) is 6.36. The van der Waals surface area contributed by atoms with Crippen molar-refractivity contribution in [3.05, 3.63) is 12.7 Å². The minimum Gasteiger partial charge on any atom is -0.846 e. The van der Waals surface area contributed by atoms with E-state index in [1.54, 1.807) is 13.8 Å². The minimum absolute atomic E-state index is 0. The smallest absolute Gasteiger partial charge is 0.846 e. The number of allylic oxidation sites excluding steroid dienone is 1. The van der Waals surface area contributed by atoms with E-state index in [0.29, 0.717) is 4.90 Å². The molecular weight excluding hydrogens is 287 g/mol. The molecule has 1 aliphatic rings. The van der Waals surface area contributed by atoms with Crippen LogP contribution in [0.4, 0.5) is 0 Å². The summed E-state index contributed by atoms with van der Waals surface area (Å²) in [5, 5.41) is 11.6. The largest absolute Gasteiger partial charge is 1.00 e. The van der Waals surface area contributed by atoms with Gasteiger partial charge in [0.15, 0.2) is 0 Å². The Morgan fingerprint density at radius 3 is 2.57 bits per heavy atom. The molecule has 1 heterocycles. The Kier molecular flexibility index (Phi) is 7.84. The van der Waals surface area contributed by atoms with E-state index in [-0.39, 0.29) is 49.0 Å².